The molecule has 28 heavy (non-hydrogen) atoms. The van der Waals surface area contributed by atoms with Gasteiger partial charge in [0.15, 0.2) is 6.10 Å². The smallest absolute Gasteiger partial charge is 0.338 e. The number of anilines is 1. The number of hydrogen-bond donors (Lipinski definition) is 2. The predicted molar refractivity (Wildman–Crippen MR) is 97.6 cm³/mol. The minimum absolute atomic E-state index is 0.241. The Hall–Kier alpha value is -4.08. The van der Waals surface area contributed by atoms with Crippen molar-refractivity contribution in [2.75, 3.05) is 5.32 Å². The number of esters is 1. The lowest BCUT2D eigenvalue weighted by Gasteiger charge is -2.13. The topological polar surface area (TPSA) is 128 Å². The number of amides is 3. The number of nitrogens with zero attached hydrogens (tertiary/aromatic N) is 4. The van der Waals surface area contributed by atoms with E-state index < -0.39 is 24.0 Å². The summed E-state index contributed by atoms with van der Waals surface area (Å²) in [4.78, 5) is 36.1. The molecule has 3 amide bonds. The number of para-hydroxylation sites is 1. The monoisotopic (exact) mass is 380 g/mol. The molecule has 10 heteroatoms. The molecule has 0 aliphatic heterocycles. The molecule has 1 aromatic heterocycles. The number of aromatic nitrogens is 4. The third-order valence-electron chi connectivity index (χ3n) is 3.64. The summed E-state index contributed by atoms with van der Waals surface area (Å²) in [6.07, 6.45) is 0.258. The lowest BCUT2D eigenvalue weighted by molar-refractivity contribution is -0.127. The number of benzene rings is 2. The number of carbonyl (C=O) groups is 3. The second-order valence-electron chi connectivity index (χ2n) is 5.66. The molecule has 0 bridgehead atoms. The van der Waals surface area contributed by atoms with Crippen LogP contribution in [0.15, 0.2) is 60.9 Å². The van der Waals surface area contributed by atoms with E-state index >= 15 is 0 Å². The van der Waals surface area contributed by atoms with Gasteiger partial charge in [0.05, 0.1) is 11.3 Å². The van der Waals surface area contributed by atoms with Crippen molar-refractivity contribution in [2.24, 2.45) is 0 Å². The van der Waals surface area contributed by atoms with Crippen molar-refractivity contribution < 1.29 is 19.1 Å². The van der Waals surface area contributed by atoms with Crippen LogP contribution in [-0.4, -0.2) is 44.2 Å². The van der Waals surface area contributed by atoms with E-state index in [9.17, 15) is 14.4 Å². The largest absolute Gasteiger partial charge is 0.449 e. The normalized spacial score (nSPS) is 11.3. The number of tetrazole rings is 1. The summed E-state index contributed by atoms with van der Waals surface area (Å²) >= 11 is 0. The van der Waals surface area contributed by atoms with Crippen LogP contribution in [0.4, 0.5) is 10.5 Å². The van der Waals surface area contributed by atoms with Crippen LogP contribution in [0.5, 0.6) is 0 Å². The maximum Gasteiger partial charge on any atom is 0.338 e. The van der Waals surface area contributed by atoms with Gasteiger partial charge in [0.2, 0.25) is 0 Å². The fraction of sp³-hybridized carbons (Fsp3) is 0.111. The molecule has 0 aliphatic rings. The van der Waals surface area contributed by atoms with Crippen LogP contribution in [0.25, 0.3) is 5.69 Å². The highest BCUT2D eigenvalue weighted by Gasteiger charge is 2.21. The van der Waals surface area contributed by atoms with Gasteiger partial charge in [-0.15, -0.1) is 5.10 Å². The van der Waals surface area contributed by atoms with E-state index in [0.717, 1.165) is 0 Å². The van der Waals surface area contributed by atoms with Gasteiger partial charge in [0, 0.05) is 5.69 Å². The first-order valence-corrected chi connectivity index (χ1v) is 8.24. The van der Waals surface area contributed by atoms with Gasteiger partial charge < -0.3 is 10.1 Å². The van der Waals surface area contributed by atoms with E-state index in [-0.39, 0.29) is 5.56 Å². The molecule has 0 saturated heterocycles. The van der Waals surface area contributed by atoms with Crippen LogP contribution in [-0.2, 0) is 9.53 Å². The Balaban J connectivity index is 1.53. The third kappa shape index (κ3) is 4.75. The van der Waals surface area contributed by atoms with Crippen LogP contribution in [0.2, 0.25) is 0 Å². The fourth-order valence-electron chi connectivity index (χ4n) is 2.21. The summed E-state index contributed by atoms with van der Waals surface area (Å²) in [7, 11) is 0. The number of rotatable bonds is 5. The Morgan fingerprint density at radius 2 is 1.75 bits per heavy atom. The van der Waals surface area contributed by atoms with Gasteiger partial charge >= 0.3 is 12.0 Å². The van der Waals surface area contributed by atoms with E-state index in [0.29, 0.717) is 11.4 Å². The minimum Gasteiger partial charge on any atom is -0.449 e. The van der Waals surface area contributed by atoms with Crippen LogP contribution >= 0.6 is 0 Å². The first kappa shape index (κ1) is 18.7. The highest BCUT2D eigenvalue weighted by Crippen LogP contribution is 2.10. The third-order valence-corrected chi connectivity index (χ3v) is 3.64. The molecule has 0 aliphatic carbocycles. The second kappa shape index (κ2) is 8.54. The van der Waals surface area contributed by atoms with Gasteiger partial charge in [-0.1, -0.05) is 18.2 Å². The van der Waals surface area contributed by atoms with Crippen LogP contribution in [0, 0.1) is 0 Å². The highest BCUT2D eigenvalue weighted by atomic mass is 16.5. The Labute approximate surface area is 159 Å². The van der Waals surface area contributed by atoms with Gasteiger partial charge in [0.1, 0.15) is 6.33 Å². The molecule has 2 N–H and O–H groups in total. The molecule has 0 fully saturated rings. The molecule has 142 valence electrons. The van der Waals surface area contributed by atoms with Crippen molar-refractivity contribution >= 4 is 23.6 Å². The van der Waals surface area contributed by atoms with Gasteiger partial charge in [-0.05, 0) is 53.7 Å². The Bertz CT molecular complexity index is 958. The molecular formula is C18H16N6O4. The molecule has 2 aromatic carbocycles. The Morgan fingerprint density at radius 3 is 2.39 bits per heavy atom. The summed E-state index contributed by atoms with van der Waals surface area (Å²) in [6, 6.07) is 14.2. The molecule has 10 nitrogen and oxygen atoms in total. The average molecular weight is 380 g/mol. The highest BCUT2D eigenvalue weighted by molar-refractivity contribution is 6.03. The molecule has 3 aromatic rings. The number of imide groups is 1. The van der Waals surface area contributed by atoms with Crippen LogP contribution < -0.4 is 10.6 Å². The van der Waals surface area contributed by atoms with Gasteiger partial charge in [0.25, 0.3) is 5.91 Å². The first-order chi connectivity index (χ1) is 13.5. The SMILES string of the molecule is CC(OC(=O)c1ccc(-n2cnnn2)cc1)C(=O)NC(=O)Nc1ccccc1. The average Bonchev–Trinajstić information content (AvgIpc) is 3.23. The molecule has 0 saturated carbocycles. The lowest BCUT2D eigenvalue weighted by Crippen LogP contribution is -2.41. The number of urea groups is 1. The van der Waals surface area contributed by atoms with Crippen molar-refractivity contribution in [1.29, 1.82) is 0 Å². The van der Waals surface area contributed by atoms with E-state index in [1.54, 1.807) is 42.5 Å². The molecule has 0 radical (unpaired) electrons. The maximum atomic E-state index is 12.2. The predicted octanol–water partition coefficient (Wildman–Crippen LogP) is 1.56. The van der Waals surface area contributed by atoms with Crippen molar-refractivity contribution in [3.05, 3.63) is 66.5 Å². The molecular weight excluding hydrogens is 364 g/mol. The summed E-state index contributed by atoms with van der Waals surface area (Å²) in [5.41, 5.74) is 1.43. The zero-order valence-corrected chi connectivity index (χ0v) is 14.8. The standard InChI is InChI=1S/C18H16N6O4/c1-12(16(25)21-18(27)20-14-5-3-2-4-6-14)28-17(26)13-7-9-15(10-8-13)24-11-19-22-23-24/h2-12H,1H3,(H2,20,21,25,27). The number of ether oxygens (including phenoxy) is 1. The zero-order valence-electron chi connectivity index (χ0n) is 14.8. The molecule has 0 spiro atoms. The minimum atomic E-state index is -1.16. The van der Waals surface area contributed by atoms with Gasteiger partial charge in [-0.2, -0.15) is 0 Å². The van der Waals surface area contributed by atoms with Gasteiger partial charge in [-0.25, -0.2) is 14.3 Å². The second-order valence-corrected chi connectivity index (χ2v) is 5.66. The quantitative estimate of drug-likeness (QED) is 0.643. The van der Waals surface area contributed by atoms with Crippen molar-refractivity contribution in [3.8, 4) is 5.69 Å². The molecule has 1 heterocycles. The van der Waals surface area contributed by atoms with Crippen molar-refractivity contribution in [1.82, 2.24) is 25.5 Å². The van der Waals surface area contributed by atoms with E-state index in [2.05, 4.69) is 26.2 Å². The van der Waals surface area contributed by atoms with E-state index in [4.69, 9.17) is 4.74 Å². The van der Waals surface area contributed by atoms with Crippen molar-refractivity contribution in [3.63, 3.8) is 0 Å². The van der Waals surface area contributed by atoms with E-state index in [1.807, 2.05) is 0 Å². The maximum absolute atomic E-state index is 12.2. The number of carbonyl (C=O) groups excluding carboxylic acids is 3. The van der Waals surface area contributed by atoms with E-state index in [1.165, 1.54) is 30.1 Å². The molecule has 1 atom stereocenters. The first-order valence-electron chi connectivity index (χ1n) is 8.24. The lowest BCUT2D eigenvalue weighted by atomic mass is 10.2. The number of hydrogen-bond acceptors (Lipinski definition) is 7. The van der Waals surface area contributed by atoms with Crippen LogP contribution in [0.1, 0.15) is 17.3 Å². The Morgan fingerprint density at radius 1 is 1.04 bits per heavy atom. The van der Waals surface area contributed by atoms with Crippen LogP contribution in [0.3, 0.4) is 0 Å². The van der Waals surface area contributed by atoms with Gasteiger partial charge in [-0.3, -0.25) is 10.1 Å². The zero-order chi connectivity index (χ0) is 19.9. The Kier molecular flexibility index (Phi) is 5.70. The number of nitrogens with one attached hydrogen (secondary N) is 2. The molecule has 3 rings (SSSR count). The summed E-state index contributed by atoms with van der Waals surface area (Å²) in [5.74, 6) is -1.44. The fourth-order valence-corrected chi connectivity index (χ4v) is 2.21. The summed E-state index contributed by atoms with van der Waals surface area (Å²) in [5, 5.41) is 15.4. The molecule has 1 unspecified atom stereocenters. The summed E-state index contributed by atoms with van der Waals surface area (Å²) < 4.78 is 6.53. The van der Waals surface area contributed by atoms with Crippen molar-refractivity contribution in [2.45, 2.75) is 13.0 Å². The summed E-state index contributed by atoms with van der Waals surface area (Å²) in [6.45, 7) is 1.37.